The highest BCUT2D eigenvalue weighted by atomic mass is 35.5. The summed E-state index contributed by atoms with van der Waals surface area (Å²) in [6.07, 6.45) is 0. The first-order valence-corrected chi connectivity index (χ1v) is 8.56. The highest BCUT2D eigenvalue weighted by Crippen LogP contribution is 2.28. The Bertz CT molecular complexity index is 851. The molecule has 0 spiro atoms. The van der Waals surface area contributed by atoms with Gasteiger partial charge in [-0.05, 0) is 30.7 Å². The SMILES string of the molecule is CCn1c(-c2ccccc2)csc1=Nc1cc(Cl)ccc1Cl. The molecular formula is C17H14Cl2N2S. The number of aromatic nitrogens is 1. The molecule has 0 amide bonds. The lowest BCUT2D eigenvalue weighted by Crippen LogP contribution is -2.14. The Morgan fingerprint density at radius 2 is 1.86 bits per heavy atom. The Morgan fingerprint density at radius 1 is 1.09 bits per heavy atom. The Kier molecular flexibility index (Phi) is 4.67. The second-order valence-corrected chi connectivity index (χ2v) is 6.40. The van der Waals surface area contributed by atoms with Crippen LogP contribution in [0.25, 0.3) is 11.3 Å². The summed E-state index contributed by atoms with van der Waals surface area (Å²) >= 11 is 13.8. The van der Waals surface area contributed by atoms with Crippen LogP contribution in [-0.4, -0.2) is 4.57 Å². The lowest BCUT2D eigenvalue weighted by molar-refractivity contribution is 0.745. The fraction of sp³-hybridized carbons (Fsp3) is 0.118. The molecule has 0 aliphatic heterocycles. The normalized spacial score (nSPS) is 11.9. The summed E-state index contributed by atoms with van der Waals surface area (Å²) in [4.78, 5) is 5.59. The van der Waals surface area contributed by atoms with E-state index in [2.05, 4.69) is 34.0 Å². The minimum absolute atomic E-state index is 0.599. The van der Waals surface area contributed by atoms with Crippen LogP contribution in [0, 0.1) is 0 Å². The maximum Gasteiger partial charge on any atom is 0.190 e. The predicted molar refractivity (Wildman–Crippen MR) is 95.1 cm³/mol. The lowest BCUT2D eigenvalue weighted by atomic mass is 10.2. The molecule has 0 unspecified atom stereocenters. The maximum atomic E-state index is 6.21. The summed E-state index contributed by atoms with van der Waals surface area (Å²) in [7, 11) is 0. The zero-order valence-electron chi connectivity index (χ0n) is 12.0. The molecular weight excluding hydrogens is 335 g/mol. The van der Waals surface area contributed by atoms with Gasteiger partial charge in [0.25, 0.3) is 0 Å². The molecule has 22 heavy (non-hydrogen) atoms. The van der Waals surface area contributed by atoms with Crippen molar-refractivity contribution in [2.24, 2.45) is 4.99 Å². The zero-order valence-corrected chi connectivity index (χ0v) is 14.3. The maximum absolute atomic E-state index is 6.21. The molecule has 0 saturated heterocycles. The number of halogens is 2. The van der Waals surface area contributed by atoms with E-state index >= 15 is 0 Å². The second-order valence-electron chi connectivity index (χ2n) is 4.72. The van der Waals surface area contributed by atoms with E-state index in [-0.39, 0.29) is 0 Å². The Hall–Kier alpha value is -1.55. The van der Waals surface area contributed by atoms with Gasteiger partial charge in [0.1, 0.15) is 0 Å². The minimum atomic E-state index is 0.599. The third kappa shape index (κ3) is 3.12. The predicted octanol–water partition coefficient (Wildman–Crippen LogP) is 5.78. The quantitative estimate of drug-likeness (QED) is 0.571. The largest absolute Gasteiger partial charge is 0.317 e. The topological polar surface area (TPSA) is 17.3 Å². The van der Waals surface area contributed by atoms with Crippen molar-refractivity contribution in [1.82, 2.24) is 4.57 Å². The molecule has 0 saturated carbocycles. The molecule has 0 N–H and O–H groups in total. The van der Waals surface area contributed by atoms with Crippen molar-refractivity contribution < 1.29 is 0 Å². The van der Waals surface area contributed by atoms with Crippen molar-refractivity contribution in [2.45, 2.75) is 13.5 Å². The Balaban J connectivity index is 2.15. The van der Waals surface area contributed by atoms with Crippen molar-refractivity contribution in [3.63, 3.8) is 0 Å². The molecule has 0 bridgehead atoms. The molecule has 3 rings (SSSR count). The number of hydrogen-bond donors (Lipinski definition) is 0. The molecule has 0 aliphatic carbocycles. The van der Waals surface area contributed by atoms with Crippen molar-refractivity contribution in [3.05, 3.63) is 68.8 Å². The third-order valence-corrected chi connectivity index (χ3v) is 4.73. The average Bonchev–Trinajstić information content (AvgIpc) is 2.94. The second kappa shape index (κ2) is 6.69. The first kappa shape index (κ1) is 15.3. The van der Waals surface area contributed by atoms with Crippen molar-refractivity contribution in [3.8, 4) is 11.3 Å². The fourth-order valence-corrected chi connectivity index (χ4v) is 3.55. The van der Waals surface area contributed by atoms with Crippen LogP contribution >= 0.6 is 34.5 Å². The molecule has 1 aromatic heterocycles. The lowest BCUT2D eigenvalue weighted by Gasteiger charge is -2.06. The number of benzene rings is 2. The van der Waals surface area contributed by atoms with Crippen molar-refractivity contribution in [2.75, 3.05) is 0 Å². The average molecular weight is 349 g/mol. The third-order valence-electron chi connectivity index (χ3n) is 3.31. The summed E-state index contributed by atoms with van der Waals surface area (Å²) in [6.45, 7) is 2.95. The monoisotopic (exact) mass is 348 g/mol. The summed E-state index contributed by atoms with van der Waals surface area (Å²) in [6, 6.07) is 15.6. The Morgan fingerprint density at radius 3 is 2.59 bits per heavy atom. The molecule has 2 aromatic carbocycles. The van der Waals surface area contributed by atoms with E-state index in [1.54, 1.807) is 29.5 Å². The molecule has 0 aliphatic rings. The number of thiazole rings is 1. The van der Waals surface area contributed by atoms with E-state index in [0.717, 1.165) is 17.0 Å². The van der Waals surface area contributed by atoms with Gasteiger partial charge in [0.2, 0.25) is 0 Å². The van der Waals surface area contributed by atoms with Gasteiger partial charge in [0.15, 0.2) is 4.80 Å². The van der Waals surface area contributed by atoms with Crippen LogP contribution in [-0.2, 0) is 6.54 Å². The number of rotatable bonds is 3. The summed E-state index contributed by atoms with van der Waals surface area (Å²) in [5.41, 5.74) is 3.03. The van der Waals surface area contributed by atoms with Crippen LogP contribution < -0.4 is 4.80 Å². The van der Waals surface area contributed by atoms with E-state index in [0.29, 0.717) is 15.7 Å². The van der Waals surface area contributed by atoms with Gasteiger partial charge in [-0.1, -0.05) is 53.5 Å². The van der Waals surface area contributed by atoms with Crippen molar-refractivity contribution in [1.29, 1.82) is 0 Å². The highest BCUT2D eigenvalue weighted by molar-refractivity contribution is 7.07. The van der Waals surface area contributed by atoms with Crippen LogP contribution in [0.2, 0.25) is 10.0 Å². The van der Waals surface area contributed by atoms with Gasteiger partial charge in [-0.15, -0.1) is 11.3 Å². The van der Waals surface area contributed by atoms with Crippen LogP contribution in [0.15, 0.2) is 58.9 Å². The molecule has 0 atom stereocenters. The van der Waals surface area contributed by atoms with Gasteiger partial charge >= 0.3 is 0 Å². The smallest absolute Gasteiger partial charge is 0.190 e. The van der Waals surface area contributed by atoms with Crippen LogP contribution in [0.4, 0.5) is 5.69 Å². The molecule has 1 heterocycles. The first-order chi connectivity index (χ1) is 10.7. The van der Waals surface area contributed by atoms with Gasteiger partial charge in [-0.3, -0.25) is 0 Å². The van der Waals surface area contributed by atoms with Gasteiger partial charge in [0, 0.05) is 16.9 Å². The van der Waals surface area contributed by atoms with E-state index in [9.17, 15) is 0 Å². The van der Waals surface area contributed by atoms with Gasteiger partial charge < -0.3 is 4.57 Å². The molecule has 5 heteroatoms. The highest BCUT2D eigenvalue weighted by Gasteiger charge is 2.07. The molecule has 0 fully saturated rings. The number of hydrogen-bond acceptors (Lipinski definition) is 2. The Labute approximate surface area is 143 Å². The summed E-state index contributed by atoms with van der Waals surface area (Å²) < 4.78 is 2.18. The zero-order chi connectivity index (χ0) is 15.5. The molecule has 3 aromatic rings. The van der Waals surface area contributed by atoms with Crippen LogP contribution in [0.3, 0.4) is 0 Å². The van der Waals surface area contributed by atoms with E-state index in [1.165, 1.54) is 5.56 Å². The molecule has 112 valence electrons. The first-order valence-electron chi connectivity index (χ1n) is 6.92. The van der Waals surface area contributed by atoms with Gasteiger partial charge in [-0.25, -0.2) is 4.99 Å². The van der Waals surface area contributed by atoms with Crippen LogP contribution in [0.5, 0.6) is 0 Å². The van der Waals surface area contributed by atoms with Crippen LogP contribution in [0.1, 0.15) is 6.92 Å². The molecule has 0 radical (unpaired) electrons. The number of nitrogens with zero attached hydrogens (tertiary/aromatic N) is 2. The summed E-state index contributed by atoms with van der Waals surface area (Å²) in [5.74, 6) is 0. The molecule has 2 nitrogen and oxygen atoms in total. The van der Waals surface area contributed by atoms with Crippen molar-refractivity contribution >= 4 is 40.2 Å². The van der Waals surface area contributed by atoms with E-state index in [4.69, 9.17) is 23.2 Å². The summed E-state index contributed by atoms with van der Waals surface area (Å²) in [5, 5.41) is 3.35. The van der Waals surface area contributed by atoms with E-state index < -0.39 is 0 Å². The minimum Gasteiger partial charge on any atom is -0.317 e. The standard InChI is InChI=1S/C17H14Cl2N2S/c1-2-21-16(12-6-4-3-5-7-12)11-22-17(21)20-15-10-13(18)8-9-14(15)19/h3-11H,2H2,1H3. The van der Waals surface area contributed by atoms with Gasteiger partial charge in [-0.2, -0.15) is 0 Å². The van der Waals surface area contributed by atoms with E-state index in [1.807, 2.05) is 18.2 Å². The van der Waals surface area contributed by atoms with Gasteiger partial charge in [0.05, 0.1) is 16.4 Å². The fourth-order valence-electron chi connectivity index (χ4n) is 2.24.